The Morgan fingerprint density at radius 2 is 2.25 bits per heavy atom. The van der Waals surface area contributed by atoms with Gasteiger partial charge in [0.2, 0.25) is 0 Å². The molecule has 12 heavy (non-hydrogen) atoms. The predicted molar refractivity (Wildman–Crippen MR) is 46.0 cm³/mol. The molecule has 1 aromatic heterocycles. The van der Waals surface area contributed by atoms with Crippen LogP contribution in [0.1, 0.15) is 5.56 Å². The molecule has 0 bridgehead atoms. The van der Waals surface area contributed by atoms with Gasteiger partial charge in [-0.3, -0.25) is 4.57 Å². The van der Waals surface area contributed by atoms with Crippen molar-refractivity contribution in [2.75, 3.05) is 0 Å². The van der Waals surface area contributed by atoms with Crippen LogP contribution >= 0.6 is 0 Å². The smallest absolute Gasteiger partial charge is 0.408 e. The molecule has 0 aliphatic heterocycles. The fraction of sp³-hybridized carbons (Fsp3) is 0.111. The summed E-state index contributed by atoms with van der Waals surface area (Å²) in [5, 5.41) is 0. The summed E-state index contributed by atoms with van der Waals surface area (Å²) in [6.07, 6.45) is 0. The van der Waals surface area contributed by atoms with Gasteiger partial charge in [0.15, 0.2) is 5.58 Å². The van der Waals surface area contributed by atoms with E-state index in [1.165, 1.54) is 4.57 Å². The van der Waals surface area contributed by atoms with Crippen LogP contribution in [0, 0.1) is 14.0 Å². The predicted octanol–water partition coefficient (Wildman–Crippen LogP) is 1.54. The summed E-state index contributed by atoms with van der Waals surface area (Å²) >= 11 is 0. The van der Waals surface area contributed by atoms with Crippen molar-refractivity contribution in [2.45, 2.75) is 6.92 Å². The van der Waals surface area contributed by atoms with E-state index in [0.29, 0.717) is 5.58 Å². The largest absolute Gasteiger partial charge is 0.420 e. The van der Waals surface area contributed by atoms with Gasteiger partial charge in [-0.25, -0.2) is 4.79 Å². The SMILES string of the molecule is [CH2]n1c(=O)oc2ccc(C)cc21. The van der Waals surface area contributed by atoms with E-state index >= 15 is 0 Å². The maximum absolute atomic E-state index is 11.0. The molecule has 0 aliphatic carbocycles. The molecule has 0 spiro atoms. The van der Waals surface area contributed by atoms with Gasteiger partial charge in [-0.05, 0) is 24.6 Å². The highest BCUT2D eigenvalue weighted by molar-refractivity contribution is 5.73. The quantitative estimate of drug-likeness (QED) is 0.589. The minimum Gasteiger partial charge on any atom is -0.408 e. The molecule has 0 aliphatic rings. The zero-order valence-corrected chi connectivity index (χ0v) is 6.70. The van der Waals surface area contributed by atoms with E-state index in [0.717, 1.165) is 11.1 Å². The van der Waals surface area contributed by atoms with Gasteiger partial charge >= 0.3 is 5.76 Å². The van der Waals surface area contributed by atoms with Gasteiger partial charge in [0.25, 0.3) is 0 Å². The lowest BCUT2D eigenvalue weighted by Gasteiger charge is -1.92. The topological polar surface area (TPSA) is 35.1 Å². The monoisotopic (exact) mass is 162 g/mol. The van der Waals surface area contributed by atoms with E-state index in [9.17, 15) is 4.79 Å². The second-order valence-corrected chi connectivity index (χ2v) is 2.77. The first-order chi connectivity index (χ1) is 5.68. The van der Waals surface area contributed by atoms with Gasteiger partial charge in [0.1, 0.15) is 0 Å². The number of hydrogen-bond donors (Lipinski definition) is 0. The van der Waals surface area contributed by atoms with Crippen molar-refractivity contribution in [3.8, 4) is 0 Å². The first kappa shape index (κ1) is 7.16. The van der Waals surface area contributed by atoms with Crippen molar-refractivity contribution >= 4 is 11.1 Å². The number of nitrogens with zero attached hydrogens (tertiary/aromatic N) is 1. The summed E-state index contributed by atoms with van der Waals surface area (Å²) in [6, 6.07) is 5.53. The molecule has 1 aromatic carbocycles. The Bertz CT molecular complexity index is 479. The molecule has 0 amide bonds. The normalized spacial score (nSPS) is 10.8. The molecule has 3 nitrogen and oxygen atoms in total. The molecule has 1 heterocycles. The number of oxazole rings is 1. The molecule has 1 radical (unpaired) electrons. The van der Waals surface area contributed by atoms with E-state index in [1.54, 1.807) is 6.07 Å². The molecule has 3 heteroatoms. The van der Waals surface area contributed by atoms with Crippen molar-refractivity contribution in [2.24, 2.45) is 0 Å². The molecule has 2 aromatic rings. The third kappa shape index (κ3) is 0.863. The number of aromatic nitrogens is 1. The summed E-state index contributed by atoms with van der Waals surface area (Å²) in [5.41, 5.74) is 2.40. The molecule has 61 valence electrons. The first-order valence-corrected chi connectivity index (χ1v) is 3.61. The van der Waals surface area contributed by atoms with Gasteiger partial charge in [-0.15, -0.1) is 0 Å². The molecule has 0 fully saturated rings. The number of hydrogen-bond acceptors (Lipinski definition) is 2. The maximum Gasteiger partial charge on any atom is 0.420 e. The van der Waals surface area contributed by atoms with Crippen LogP contribution in [0.3, 0.4) is 0 Å². The highest BCUT2D eigenvalue weighted by Gasteiger charge is 2.03. The number of aryl methyl sites for hydroxylation is 1. The van der Waals surface area contributed by atoms with E-state index < -0.39 is 5.76 Å². The molecule has 0 saturated heterocycles. The van der Waals surface area contributed by atoms with Crippen LogP contribution in [0.2, 0.25) is 0 Å². The van der Waals surface area contributed by atoms with Gasteiger partial charge in [0, 0.05) is 7.05 Å². The van der Waals surface area contributed by atoms with Crippen LogP contribution in [0.25, 0.3) is 11.1 Å². The van der Waals surface area contributed by atoms with Crippen molar-refractivity contribution in [1.29, 1.82) is 0 Å². The summed E-state index contributed by atoms with van der Waals surface area (Å²) < 4.78 is 6.15. The minimum atomic E-state index is -0.421. The third-order valence-electron chi connectivity index (χ3n) is 1.82. The second kappa shape index (κ2) is 2.24. The lowest BCUT2D eigenvalue weighted by Crippen LogP contribution is -2.06. The fourth-order valence-electron chi connectivity index (χ4n) is 1.17. The van der Waals surface area contributed by atoms with E-state index in [2.05, 4.69) is 7.05 Å². The van der Waals surface area contributed by atoms with Gasteiger partial charge in [0.05, 0.1) is 5.52 Å². The van der Waals surface area contributed by atoms with Crippen LogP contribution in [-0.4, -0.2) is 4.57 Å². The molecular weight excluding hydrogens is 154 g/mol. The Labute approximate surface area is 69.2 Å². The van der Waals surface area contributed by atoms with Crippen molar-refractivity contribution in [3.05, 3.63) is 41.4 Å². The molecule has 0 atom stereocenters. The van der Waals surface area contributed by atoms with E-state index in [-0.39, 0.29) is 0 Å². The average Bonchev–Trinajstić information content (AvgIpc) is 2.31. The zero-order chi connectivity index (χ0) is 8.72. The Morgan fingerprint density at radius 3 is 3.00 bits per heavy atom. The summed E-state index contributed by atoms with van der Waals surface area (Å²) in [5.74, 6) is -0.421. The van der Waals surface area contributed by atoms with E-state index in [1.807, 2.05) is 19.1 Å². The summed E-state index contributed by atoms with van der Waals surface area (Å²) in [4.78, 5) is 11.0. The zero-order valence-electron chi connectivity index (χ0n) is 6.70. The molecule has 0 N–H and O–H groups in total. The van der Waals surface area contributed by atoms with Gasteiger partial charge in [-0.1, -0.05) is 6.07 Å². The Morgan fingerprint density at radius 1 is 1.50 bits per heavy atom. The van der Waals surface area contributed by atoms with Crippen LogP contribution in [-0.2, 0) is 0 Å². The molecule has 0 unspecified atom stereocenters. The van der Waals surface area contributed by atoms with Crippen molar-refractivity contribution < 1.29 is 4.42 Å². The van der Waals surface area contributed by atoms with Gasteiger partial charge < -0.3 is 4.42 Å². The molecule has 0 saturated carbocycles. The number of rotatable bonds is 0. The Balaban J connectivity index is 2.98. The second-order valence-electron chi connectivity index (χ2n) is 2.77. The van der Waals surface area contributed by atoms with Crippen LogP contribution in [0.15, 0.2) is 27.4 Å². The molecular formula is C9H8NO2. The lowest BCUT2D eigenvalue weighted by atomic mass is 10.2. The average molecular weight is 162 g/mol. The summed E-state index contributed by atoms with van der Waals surface area (Å²) in [6.45, 7) is 1.96. The van der Waals surface area contributed by atoms with Crippen molar-refractivity contribution in [1.82, 2.24) is 4.57 Å². The maximum atomic E-state index is 11.0. The highest BCUT2D eigenvalue weighted by Crippen LogP contribution is 2.13. The number of fused-ring (bicyclic) bond motifs is 1. The van der Waals surface area contributed by atoms with Crippen LogP contribution < -0.4 is 5.76 Å². The van der Waals surface area contributed by atoms with Crippen LogP contribution in [0.5, 0.6) is 0 Å². The van der Waals surface area contributed by atoms with Crippen molar-refractivity contribution in [3.63, 3.8) is 0 Å². The van der Waals surface area contributed by atoms with Crippen LogP contribution in [0.4, 0.5) is 0 Å². The Kier molecular flexibility index (Phi) is 1.33. The number of benzene rings is 1. The minimum absolute atomic E-state index is 0.421. The Hall–Kier alpha value is -1.51. The third-order valence-corrected chi connectivity index (χ3v) is 1.82. The van der Waals surface area contributed by atoms with Gasteiger partial charge in [-0.2, -0.15) is 0 Å². The first-order valence-electron chi connectivity index (χ1n) is 3.61. The highest BCUT2D eigenvalue weighted by atomic mass is 16.4. The fourth-order valence-corrected chi connectivity index (χ4v) is 1.17. The summed E-state index contributed by atoms with van der Waals surface area (Å²) in [7, 11) is 3.56. The standard InChI is InChI=1S/C9H8NO2/c1-6-3-4-8-7(5-6)10(2)9(11)12-8/h3-5H,2H2,1H3. The lowest BCUT2D eigenvalue weighted by molar-refractivity contribution is 0.539. The van der Waals surface area contributed by atoms with E-state index in [4.69, 9.17) is 4.42 Å². The molecule has 2 rings (SSSR count).